The summed E-state index contributed by atoms with van der Waals surface area (Å²) >= 11 is 0. The third-order valence-electron chi connectivity index (χ3n) is 7.72. The number of amides is 2. The summed E-state index contributed by atoms with van der Waals surface area (Å²) in [5.41, 5.74) is -6.20. The zero-order valence-corrected chi connectivity index (χ0v) is 18.8. The van der Waals surface area contributed by atoms with E-state index in [4.69, 9.17) is 0 Å². The number of benzene rings is 1. The first-order chi connectivity index (χ1) is 16.2. The van der Waals surface area contributed by atoms with E-state index in [1.165, 1.54) is 0 Å². The van der Waals surface area contributed by atoms with Gasteiger partial charge in [-0.1, -0.05) is 25.1 Å². The first-order valence-electron chi connectivity index (χ1n) is 11.4. The summed E-state index contributed by atoms with van der Waals surface area (Å²) in [6, 6.07) is 1.81. The topological polar surface area (TPSA) is 60.9 Å². The SMILES string of the molecule is CC1CN(C(=O)N2CC[C@H]3c4ccc(C(F)(C(F)(F)F)C(F)(F)F)cc4CCC32)CCC1C(=O)O. The van der Waals surface area contributed by atoms with E-state index >= 15 is 0 Å². The molecule has 0 bridgehead atoms. The maximum Gasteiger partial charge on any atom is 0.435 e. The van der Waals surface area contributed by atoms with Crippen molar-refractivity contribution in [3.8, 4) is 0 Å². The monoisotopic (exact) mass is 510 g/mol. The van der Waals surface area contributed by atoms with E-state index in [2.05, 4.69) is 0 Å². The van der Waals surface area contributed by atoms with Gasteiger partial charge in [0.25, 0.3) is 0 Å². The van der Waals surface area contributed by atoms with Gasteiger partial charge in [-0.05, 0) is 42.7 Å². The number of carboxylic acid groups (broad SMARTS) is 1. The summed E-state index contributed by atoms with van der Waals surface area (Å²) in [5.74, 6) is -1.94. The standard InChI is InChI=1S/C23H25F7N2O3/c1-12-11-31(8-6-15(12)19(33)34)20(35)32-9-7-17-16-4-3-14(10-13(16)2-5-18(17)32)21(24,22(25,26)27)23(28,29)30/h3-4,10,12,15,17-18H,2,5-9,11H2,1H3,(H,33,34)/t12?,15?,17-,18?/m0/s1. The molecule has 35 heavy (non-hydrogen) atoms. The highest BCUT2D eigenvalue weighted by Crippen LogP contribution is 2.54. The maximum absolute atomic E-state index is 14.5. The molecule has 3 aliphatic rings. The quantitative estimate of drug-likeness (QED) is 0.554. The molecule has 2 heterocycles. The molecule has 2 aliphatic heterocycles. The number of halogens is 7. The van der Waals surface area contributed by atoms with Gasteiger partial charge in [0.05, 0.1) is 5.92 Å². The molecule has 0 radical (unpaired) electrons. The van der Waals surface area contributed by atoms with E-state index in [0.29, 0.717) is 50.0 Å². The van der Waals surface area contributed by atoms with Gasteiger partial charge >= 0.3 is 30.0 Å². The fourth-order valence-corrected chi connectivity index (χ4v) is 5.87. The molecule has 194 valence electrons. The Morgan fingerprint density at radius 3 is 2.20 bits per heavy atom. The van der Waals surface area contributed by atoms with Crippen LogP contribution in [0, 0.1) is 11.8 Å². The fraction of sp³-hybridized carbons (Fsp3) is 0.652. The molecule has 3 unspecified atom stereocenters. The van der Waals surface area contributed by atoms with Crippen LogP contribution in [0.4, 0.5) is 35.5 Å². The zero-order valence-electron chi connectivity index (χ0n) is 18.8. The molecule has 12 heteroatoms. The lowest BCUT2D eigenvalue weighted by Crippen LogP contribution is -2.52. The summed E-state index contributed by atoms with van der Waals surface area (Å²) in [6.45, 7) is 2.71. The van der Waals surface area contributed by atoms with Crippen molar-refractivity contribution in [3.05, 3.63) is 34.9 Å². The number of carboxylic acids is 1. The van der Waals surface area contributed by atoms with E-state index < -0.39 is 35.5 Å². The average molecular weight is 510 g/mol. The summed E-state index contributed by atoms with van der Waals surface area (Å²) < 4.78 is 93.5. The second-order valence-corrected chi connectivity index (χ2v) is 9.70. The number of hydrogen-bond acceptors (Lipinski definition) is 2. The smallest absolute Gasteiger partial charge is 0.435 e. The van der Waals surface area contributed by atoms with Gasteiger partial charge < -0.3 is 14.9 Å². The lowest BCUT2D eigenvalue weighted by Gasteiger charge is -2.40. The molecule has 5 nitrogen and oxygen atoms in total. The van der Waals surface area contributed by atoms with Gasteiger partial charge in [-0.2, -0.15) is 26.3 Å². The Hall–Kier alpha value is -2.53. The minimum Gasteiger partial charge on any atom is -0.481 e. The molecule has 0 aromatic heterocycles. The highest BCUT2D eigenvalue weighted by atomic mass is 19.4. The molecular weight excluding hydrogens is 485 g/mol. The number of rotatable bonds is 2. The molecule has 1 aromatic rings. The number of hydrogen-bond donors (Lipinski definition) is 1. The van der Waals surface area contributed by atoms with Crippen LogP contribution in [-0.2, 0) is 16.9 Å². The molecule has 0 saturated carbocycles. The summed E-state index contributed by atoms with van der Waals surface area (Å²) in [7, 11) is 0. The van der Waals surface area contributed by atoms with Gasteiger partial charge in [-0.3, -0.25) is 4.79 Å². The Balaban J connectivity index is 1.54. The Morgan fingerprint density at radius 2 is 1.63 bits per heavy atom. The van der Waals surface area contributed by atoms with E-state index in [0.717, 1.165) is 6.07 Å². The molecule has 0 spiro atoms. The fourth-order valence-electron chi connectivity index (χ4n) is 5.87. The van der Waals surface area contributed by atoms with E-state index in [-0.39, 0.29) is 42.4 Å². The number of aryl methyl sites for hydroxylation is 1. The van der Waals surface area contributed by atoms with Crippen molar-refractivity contribution in [2.24, 2.45) is 11.8 Å². The molecule has 1 N–H and O–H groups in total. The van der Waals surface area contributed by atoms with Crippen molar-refractivity contribution in [2.75, 3.05) is 19.6 Å². The summed E-state index contributed by atoms with van der Waals surface area (Å²) in [4.78, 5) is 27.8. The van der Waals surface area contributed by atoms with Gasteiger partial charge in [-0.25, -0.2) is 9.18 Å². The highest BCUT2D eigenvalue weighted by molar-refractivity contribution is 5.77. The van der Waals surface area contributed by atoms with Crippen LogP contribution in [0.1, 0.15) is 48.8 Å². The van der Waals surface area contributed by atoms with Crippen LogP contribution >= 0.6 is 0 Å². The molecule has 2 amide bonds. The Labute approximate surface area is 196 Å². The summed E-state index contributed by atoms with van der Waals surface area (Å²) in [5, 5.41) is 9.29. The second kappa shape index (κ2) is 8.55. The Morgan fingerprint density at radius 1 is 0.971 bits per heavy atom. The van der Waals surface area contributed by atoms with E-state index in [9.17, 15) is 45.4 Å². The third kappa shape index (κ3) is 4.12. The lowest BCUT2D eigenvalue weighted by molar-refractivity contribution is -0.348. The van der Waals surface area contributed by atoms with E-state index in [1.807, 2.05) is 0 Å². The van der Waals surface area contributed by atoms with Gasteiger partial charge in [0.2, 0.25) is 0 Å². The highest BCUT2D eigenvalue weighted by Gasteiger charge is 2.73. The van der Waals surface area contributed by atoms with Gasteiger partial charge in [0.1, 0.15) is 0 Å². The molecule has 4 rings (SSSR count). The summed E-state index contributed by atoms with van der Waals surface area (Å²) in [6.07, 6.45) is -11.1. The number of urea groups is 1. The van der Waals surface area contributed by atoms with Crippen LogP contribution in [-0.4, -0.2) is 64.9 Å². The van der Waals surface area contributed by atoms with Gasteiger partial charge in [-0.15, -0.1) is 0 Å². The largest absolute Gasteiger partial charge is 0.481 e. The third-order valence-corrected chi connectivity index (χ3v) is 7.72. The lowest BCUT2D eigenvalue weighted by atomic mass is 9.77. The number of nitrogens with zero attached hydrogens (tertiary/aromatic N) is 2. The normalized spacial score (nSPS) is 27.4. The number of alkyl halides is 7. The Kier molecular flexibility index (Phi) is 6.24. The van der Waals surface area contributed by atoms with Gasteiger partial charge in [0, 0.05) is 37.2 Å². The van der Waals surface area contributed by atoms with Crippen LogP contribution in [0.15, 0.2) is 18.2 Å². The van der Waals surface area contributed by atoms with Crippen LogP contribution < -0.4 is 0 Å². The number of carbonyl (C=O) groups is 2. The number of piperidine rings is 1. The van der Waals surface area contributed by atoms with Crippen LogP contribution in [0.3, 0.4) is 0 Å². The minimum atomic E-state index is -6.17. The molecule has 2 fully saturated rings. The van der Waals surface area contributed by atoms with Gasteiger partial charge in [0.15, 0.2) is 0 Å². The van der Waals surface area contributed by atoms with Crippen molar-refractivity contribution in [1.29, 1.82) is 0 Å². The molecule has 1 aromatic carbocycles. The maximum atomic E-state index is 14.5. The second-order valence-electron chi connectivity index (χ2n) is 9.70. The molecular formula is C23H25F7N2O3. The van der Waals surface area contributed by atoms with E-state index in [1.54, 1.807) is 16.7 Å². The van der Waals surface area contributed by atoms with Crippen molar-refractivity contribution in [1.82, 2.24) is 9.80 Å². The van der Waals surface area contributed by atoms with Crippen molar-refractivity contribution in [3.63, 3.8) is 0 Å². The number of likely N-dealkylation sites (tertiary alicyclic amines) is 2. The van der Waals surface area contributed by atoms with Crippen molar-refractivity contribution >= 4 is 12.0 Å². The molecule has 1 aliphatic carbocycles. The van der Waals surface area contributed by atoms with Crippen LogP contribution in [0.5, 0.6) is 0 Å². The average Bonchev–Trinajstić information content (AvgIpc) is 3.20. The first kappa shape index (κ1) is 25.6. The van der Waals surface area contributed by atoms with Crippen molar-refractivity contribution in [2.45, 2.75) is 62.6 Å². The molecule has 2 saturated heterocycles. The number of fused-ring (bicyclic) bond motifs is 3. The number of aliphatic carboxylic acids is 1. The Bertz CT molecular complexity index is 996. The van der Waals surface area contributed by atoms with Crippen LogP contribution in [0.2, 0.25) is 0 Å². The van der Waals surface area contributed by atoms with Crippen LogP contribution in [0.25, 0.3) is 0 Å². The van der Waals surface area contributed by atoms with Crippen molar-refractivity contribution < 1.29 is 45.4 Å². The predicted octanol–water partition coefficient (Wildman–Crippen LogP) is 5.24. The number of carbonyl (C=O) groups excluding carboxylic acids is 1. The first-order valence-corrected chi connectivity index (χ1v) is 11.4. The minimum absolute atomic E-state index is 0.109. The molecule has 4 atom stereocenters. The predicted molar refractivity (Wildman–Crippen MR) is 109 cm³/mol. The zero-order chi connectivity index (χ0) is 25.9.